The molecule has 114 valence electrons. The van der Waals surface area contributed by atoms with Crippen LogP contribution in [0.4, 0.5) is 4.39 Å². The second-order valence-corrected chi connectivity index (χ2v) is 5.40. The Morgan fingerprint density at radius 1 is 1.32 bits per heavy atom. The Balaban J connectivity index is 1.68. The van der Waals surface area contributed by atoms with Crippen LogP contribution in [-0.2, 0) is 10.4 Å². The summed E-state index contributed by atoms with van der Waals surface area (Å²) in [5.41, 5.74) is -0.499. The third-order valence-corrected chi connectivity index (χ3v) is 3.87. The molecule has 1 fully saturated rings. The maximum Gasteiger partial charge on any atom is 0.246 e. The Bertz CT molecular complexity index is 678. The first-order valence-electron chi connectivity index (χ1n) is 7.06. The predicted molar refractivity (Wildman–Crippen MR) is 79.2 cm³/mol. The van der Waals surface area contributed by atoms with Crippen molar-refractivity contribution in [2.24, 2.45) is 0 Å². The van der Waals surface area contributed by atoms with Crippen molar-refractivity contribution in [1.29, 1.82) is 0 Å². The van der Waals surface area contributed by atoms with Crippen LogP contribution in [0.5, 0.6) is 0 Å². The second-order valence-electron chi connectivity index (χ2n) is 5.40. The van der Waals surface area contributed by atoms with Crippen LogP contribution in [-0.4, -0.2) is 29.0 Å². The van der Waals surface area contributed by atoms with Gasteiger partial charge < -0.3 is 14.4 Å². The van der Waals surface area contributed by atoms with Crippen molar-refractivity contribution < 1.29 is 18.7 Å². The fourth-order valence-corrected chi connectivity index (χ4v) is 2.62. The molecule has 4 nitrogen and oxygen atoms in total. The van der Waals surface area contributed by atoms with Gasteiger partial charge in [-0.25, -0.2) is 4.39 Å². The number of β-amino-alcohol motifs (C(OH)–C–C–N with tert-alkyl or cyclic N) is 1. The zero-order valence-corrected chi connectivity index (χ0v) is 11.9. The van der Waals surface area contributed by atoms with Crippen molar-refractivity contribution in [3.8, 4) is 0 Å². The number of likely N-dealkylation sites (tertiary alicyclic amines) is 1. The molecule has 1 atom stereocenters. The van der Waals surface area contributed by atoms with E-state index in [2.05, 4.69) is 0 Å². The van der Waals surface area contributed by atoms with Crippen molar-refractivity contribution in [2.75, 3.05) is 13.1 Å². The molecule has 3 rings (SSSR count). The summed E-state index contributed by atoms with van der Waals surface area (Å²) in [7, 11) is 0. The lowest BCUT2D eigenvalue weighted by Gasteiger charge is -2.23. The molecule has 0 bridgehead atoms. The number of benzene rings is 1. The third-order valence-electron chi connectivity index (χ3n) is 3.87. The molecule has 1 aliphatic heterocycles. The standard InChI is InChI=1S/C17H16FNO3/c18-14-5-3-13(4-6-14)17(21)9-10-19(12-17)16(20)8-7-15-2-1-11-22-15/h1-8,11,21H,9-10,12H2/b8-7+. The van der Waals surface area contributed by atoms with E-state index in [0.717, 1.165) is 0 Å². The summed E-state index contributed by atoms with van der Waals surface area (Å²) in [5.74, 6) is 0.0652. The van der Waals surface area contributed by atoms with Gasteiger partial charge in [0, 0.05) is 12.6 Å². The van der Waals surface area contributed by atoms with Crippen LogP contribution < -0.4 is 0 Å². The molecule has 1 unspecified atom stereocenters. The summed E-state index contributed by atoms with van der Waals surface area (Å²) in [5, 5.41) is 10.7. The minimum Gasteiger partial charge on any atom is -0.465 e. The van der Waals surface area contributed by atoms with E-state index >= 15 is 0 Å². The Morgan fingerprint density at radius 3 is 2.77 bits per heavy atom. The van der Waals surface area contributed by atoms with Crippen LogP contribution in [0.2, 0.25) is 0 Å². The SMILES string of the molecule is O=C(/C=C/c1ccco1)N1CCC(O)(c2ccc(F)cc2)C1. The van der Waals surface area contributed by atoms with Crippen LogP contribution in [0.3, 0.4) is 0 Å². The average Bonchev–Trinajstić information content (AvgIpc) is 3.16. The average molecular weight is 301 g/mol. The van der Waals surface area contributed by atoms with Crippen molar-refractivity contribution in [2.45, 2.75) is 12.0 Å². The molecule has 0 radical (unpaired) electrons. The Morgan fingerprint density at radius 2 is 2.09 bits per heavy atom. The smallest absolute Gasteiger partial charge is 0.246 e. The molecular weight excluding hydrogens is 285 g/mol. The Kier molecular flexibility index (Phi) is 3.81. The number of halogens is 1. The quantitative estimate of drug-likeness (QED) is 0.886. The highest BCUT2D eigenvalue weighted by Gasteiger charge is 2.39. The van der Waals surface area contributed by atoms with E-state index in [1.165, 1.54) is 24.5 Å². The second kappa shape index (κ2) is 5.77. The Labute approximate surface area is 127 Å². The van der Waals surface area contributed by atoms with Gasteiger partial charge in [0.15, 0.2) is 0 Å². The van der Waals surface area contributed by atoms with Gasteiger partial charge in [-0.3, -0.25) is 4.79 Å². The lowest BCUT2D eigenvalue weighted by molar-refractivity contribution is -0.126. The molecule has 0 aliphatic carbocycles. The van der Waals surface area contributed by atoms with Gasteiger partial charge in [0.1, 0.15) is 17.2 Å². The molecule has 2 heterocycles. The molecule has 2 aromatic rings. The number of rotatable bonds is 3. The van der Waals surface area contributed by atoms with Gasteiger partial charge in [-0.15, -0.1) is 0 Å². The molecule has 1 aromatic carbocycles. The molecule has 1 aliphatic rings. The van der Waals surface area contributed by atoms with E-state index in [0.29, 0.717) is 24.3 Å². The van der Waals surface area contributed by atoms with Crippen molar-refractivity contribution in [3.63, 3.8) is 0 Å². The fourth-order valence-electron chi connectivity index (χ4n) is 2.62. The van der Waals surface area contributed by atoms with Crippen LogP contribution in [0, 0.1) is 5.82 Å². The van der Waals surface area contributed by atoms with Crippen LogP contribution >= 0.6 is 0 Å². The lowest BCUT2D eigenvalue weighted by Crippen LogP contribution is -2.33. The number of nitrogens with zero attached hydrogens (tertiary/aromatic N) is 1. The van der Waals surface area contributed by atoms with E-state index in [1.807, 2.05) is 0 Å². The molecule has 0 spiro atoms. The maximum absolute atomic E-state index is 13.0. The minimum absolute atomic E-state index is 0.186. The first kappa shape index (κ1) is 14.5. The van der Waals surface area contributed by atoms with E-state index in [-0.39, 0.29) is 18.3 Å². The topological polar surface area (TPSA) is 53.7 Å². The highest BCUT2D eigenvalue weighted by Crippen LogP contribution is 2.32. The first-order chi connectivity index (χ1) is 10.6. The van der Waals surface area contributed by atoms with Crippen LogP contribution in [0.25, 0.3) is 6.08 Å². The normalized spacial score (nSPS) is 21.6. The van der Waals surface area contributed by atoms with Crippen molar-refractivity contribution in [3.05, 3.63) is 65.9 Å². The number of furan rings is 1. The van der Waals surface area contributed by atoms with Gasteiger partial charge in [0.05, 0.1) is 12.8 Å². The van der Waals surface area contributed by atoms with Gasteiger partial charge in [-0.05, 0) is 42.3 Å². The van der Waals surface area contributed by atoms with Crippen molar-refractivity contribution >= 4 is 12.0 Å². The molecule has 1 N–H and O–H groups in total. The lowest BCUT2D eigenvalue weighted by atomic mass is 9.93. The number of amides is 1. The molecule has 22 heavy (non-hydrogen) atoms. The van der Waals surface area contributed by atoms with Gasteiger partial charge in [0.25, 0.3) is 0 Å². The first-order valence-corrected chi connectivity index (χ1v) is 7.06. The summed E-state index contributed by atoms with van der Waals surface area (Å²) in [4.78, 5) is 13.7. The summed E-state index contributed by atoms with van der Waals surface area (Å²) >= 11 is 0. The number of hydrogen-bond donors (Lipinski definition) is 1. The summed E-state index contributed by atoms with van der Waals surface area (Å²) in [6.45, 7) is 0.648. The predicted octanol–water partition coefficient (Wildman–Crippen LogP) is 2.55. The van der Waals surface area contributed by atoms with E-state index in [1.54, 1.807) is 35.2 Å². The number of aliphatic hydroxyl groups is 1. The zero-order valence-electron chi connectivity index (χ0n) is 11.9. The van der Waals surface area contributed by atoms with Crippen LogP contribution in [0.1, 0.15) is 17.7 Å². The fraction of sp³-hybridized carbons (Fsp3) is 0.235. The van der Waals surface area contributed by atoms with E-state index in [9.17, 15) is 14.3 Å². The maximum atomic E-state index is 13.0. The molecular formula is C17H16FNO3. The molecule has 1 saturated heterocycles. The van der Waals surface area contributed by atoms with E-state index in [4.69, 9.17) is 4.42 Å². The van der Waals surface area contributed by atoms with Gasteiger partial charge in [0.2, 0.25) is 5.91 Å². The summed E-state index contributed by atoms with van der Waals surface area (Å²) in [6.07, 6.45) is 4.99. The molecule has 0 saturated carbocycles. The largest absolute Gasteiger partial charge is 0.465 e. The Hall–Kier alpha value is -2.40. The molecule has 1 aromatic heterocycles. The van der Waals surface area contributed by atoms with Gasteiger partial charge >= 0.3 is 0 Å². The number of carbonyl (C=O) groups excluding carboxylic acids is 1. The van der Waals surface area contributed by atoms with E-state index < -0.39 is 5.60 Å². The molecule has 1 amide bonds. The van der Waals surface area contributed by atoms with Crippen LogP contribution in [0.15, 0.2) is 53.2 Å². The highest BCUT2D eigenvalue weighted by molar-refractivity contribution is 5.91. The number of carbonyl (C=O) groups is 1. The number of hydrogen-bond acceptors (Lipinski definition) is 3. The minimum atomic E-state index is -1.12. The third kappa shape index (κ3) is 2.94. The van der Waals surface area contributed by atoms with Gasteiger partial charge in [-0.1, -0.05) is 12.1 Å². The highest BCUT2D eigenvalue weighted by atomic mass is 19.1. The summed E-state index contributed by atoms with van der Waals surface area (Å²) in [6, 6.07) is 9.24. The van der Waals surface area contributed by atoms with Gasteiger partial charge in [-0.2, -0.15) is 0 Å². The summed E-state index contributed by atoms with van der Waals surface area (Å²) < 4.78 is 18.1. The molecule has 5 heteroatoms. The zero-order chi connectivity index (χ0) is 15.6. The van der Waals surface area contributed by atoms with Crippen molar-refractivity contribution in [1.82, 2.24) is 4.90 Å². The monoisotopic (exact) mass is 301 g/mol.